The molecular formula is C14H26N2OS. The van der Waals surface area contributed by atoms with Crippen LogP contribution in [0.2, 0.25) is 0 Å². The van der Waals surface area contributed by atoms with Crippen molar-refractivity contribution >= 4 is 11.3 Å². The number of rotatable bonds is 7. The van der Waals surface area contributed by atoms with E-state index in [1.165, 1.54) is 5.01 Å². The lowest BCUT2D eigenvalue weighted by atomic mass is 10.1. The van der Waals surface area contributed by atoms with Crippen LogP contribution in [0, 0.1) is 6.92 Å². The van der Waals surface area contributed by atoms with E-state index in [0.29, 0.717) is 6.04 Å². The van der Waals surface area contributed by atoms with Crippen molar-refractivity contribution in [2.24, 2.45) is 0 Å². The SMILES string of the molecule is CCCNC(COC(C)(C)C)Cc1nc(C)cs1. The Hall–Kier alpha value is -0.450. The van der Waals surface area contributed by atoms with Crippen molar-refractivity contribution in [2.75, 3.05) is 13.2 Å². The normalized spacial score (nSPS) is 13.8. The summed E-state index contributed by atoms with van der Waals surface area (Å²) in [6.07, 6.45) is 2.09. The summed E-state index contributed by atoms with van der Waals surface area (Å²) in [7, 11) is 0. The predicted octanol–water partition coefficient (Wildman–Crippen LogP) is 3.18. The van der Waals surface area contributed by atoms with Gasteiger partial charge in [0.25, 0.3) is 0 Å². The van der Waals surface area contributed by atoms with Crippen molar-refractivity contribution in [2.45, 2.75) is 59.1 Å². The quantitative estimate of drug-likeness (QED) is 0.826. The lowest BCUT2D eigenvalue weighted by molar-refractivity contribution is -0.0143. The van der Waals surface area contributed by atoms with Gasteiger partial charge in [0.1, 0.15) is 0 Å². The molecule has 18 heavy (non-hydrogen) atoms. The van der Waals surface area contributed by atoms with Gasteiger partial charge in [0.05, 0.1) is 17.2 Å². The van der Waals surface area contributed by atoms with Gasteiger partial charge in [-0.05, 0) is 40.7 Å². The van der Waals surface area contributed by atoms with Gasteiger partial charge >= 0.3 is 0 Å². The Morgan fingerprint density at radius 1 is 1.44 bits per heavy atom. The fourth-order valence-electron chi connectivity index (χ4n) is 1.60. The number of thiazole rings is 1. The molecule has 0 saturated heterocycles. The van der Waals surface area contributed by atoms with Gasteiger partial charge < -0.3 is 10.1 Å². The summed E-state index contributed by atoms with van der Waals surface area (Å²) in [5, 5.41) is 6.84. The third-order valence-electron chi connectivity index (χ3n) is 2.49. The Morgan fingerprint density at radius 2 is 2.17 bits per heavy atom. The van der Waals surface area contributed by atoms with E-state index in [1.807, 2.05) is 6.92 Å². The number of aromatic nitrogens is 1. The molecule has 0 amide bonds. The lowest BCUT2D eigenvalue weighted by Gasteiger charge is -2.24. The smallest absolute Gasteiger partial charge is 0.0944 e. The summed E-state index contributed by atoms with van der Waals surface area (Å²) < 4.78 is 5.88. The van der Waals surface area contributed by atoms with E-state index in [9.17, 15) is 0 Å². The Kier molecular flexibility index (Phi) is 6.26. The minimum atomic E-state index is -0.0784. The highest BCUT2D eigenvalue weighted by Crippen LogP contribution is 2.13. The van der Waals surface area contributed by atoms with Crippen LogP contribution in [0.4, 0.5) is 0 Å². The monoisotopic (exact) mass is 270 g/mol. The van der Waals surface area contributed by atoms with Gasteiger partial charge in [0, 0.05) is 23.5 Å². The molecule has 3 nitrogen and oxygen atoms in total. The second kappa shape index (κ2) is 7.22. The van der Waals surface area contributed by atoms with Crippen LogP contribution in [0.3, 0.4) is 0 Å². The molecule has 4 heteroatoms. The Balaban J connectivity index is 2.49. The van der Waals surface area contributed by atoms with Crippen molar-refractivity contribution in [1.82, 2.24) is 10.3 Å². The summed E-state index contributed by atoms with van der Waals surface area (Å²) in [6.45, 7) is 12.3. The minimum Gasteiger partial charge on any atom is -0.374 e. The zero-order chi connectivity index (χ0) is 13.6. The largest absolute Gasteiger partial charge is 0.374 e. The second-order valence-electron chi connectivity index (χ2n) is 5.66. The molecule has 0 aliphatic rings. The maximum absolute atomic E-state index is 5.88. The molecule has 1 rings (SSSR count). The molecule has 0 fully saturated rings. The van der Waals surface area contributed by atoms with Crippen molar-refractivity contribution in [1.29, 1.82) is 0 Å². The number of aryl methyl sites for hydroxylation is 1. The Bertz CT molecular complexity index is 344. The predicted molar refractivity (Wildman–Crippen MR) is 78.3 cm³/mol. The molecular weight excluding hydrogens is 244 g/mol. The van der Waals surface area contributed by atoms with Gasteiger partial charge in [-0.15, -0.1) is 11.3 Å². The standard InChI is InChI=1S/C14H26N2OS/c1-6-7-15-12(9-17-14(3,4)5)8-13-16-11(2)10-18-13/h10,12,15H,6-9H2,1-5H3. The number of nitrogens with zero attached hydrogens (tertiary/aromatic N) is 1. The number of hydrogen-bond donors (Lipinski definition) is 1. The summed E-state index contributed by atoms with van der Waals surface area (Å²) in [5.74, 6) is 0. The van der Waals surface area contributed by atoms with Crippen LogP contribution in [0.5, 0.6) is 0 Å². The van der Waals surface area contributed by atoms with Gasteiger partial charge in [0.15, 0.2) is 0 Å². The second-order valence-corrected chi connectivity index (χ2v) is 6.60. The highest BCUT2D eigenvalue weighted by atomic mass is 32.1. The van der Waals surface area contributed by atoms with E-state index < -0.39 is 0 Å². The topological polar surface area (TPSA) is 34.1 Å². The molecule has 1 aromatic rings. The first-order valence-corrected chi connectivity index (χ1v) is 7.57. The molecule has 0 aliphatic heterocycles. The third-order valence-corrected chi connectivity index (χ3v) is 3.48. The molecule has 0 spiro atoms. The first kappa shape index (κ1) is 15.6. The molecule has 0 radical (unpaired) electrons. The number of nitrogens with one attached hydrogen (secondary N) is 1. The van der Waals surface area contributed by atoms with E-state index in [2.05, 4.69) is 43.4 Å². The summed E-state index contributed by atoms with van der Waals surface area (Å²) >= 11 is 1.74. The molecule has 0 saturated carbocycles. The van der Waals surface area contributed by atoms with Gasteiger partial charge in [0.2, 0.25) is 0 Å². The van der Waals surface area contributed by atoms with Crippen LogP contribution in [0.15, 0.2) is 5.38 Å². The van der Waals surface area contributed by atoms with E-state index in [1.54, 1.807) is 11.3 Å². The zero-order valence-corrected chi connectivity index (χ0v) is 13.1. The van der Waals surface area contributed by atoms with Crippen molar-refractivity contribution in [3.8, 4) is 0 Å². The minimum absolute atomic E-state index is 0.0784. The third kappa shape index (κ3) is 6.47. The first-order chi connectivity index (χ1) is 8.40. The van der Waals surface area contributed by atoms with Crippen LogP contribution in [-0.4, -0.2) is 29.8 Å². The molecule has 1 unspecified atom stereocenters. The van der Waals surface area contributed by atoms with Gasteiger partial charge in [-0.3, -0.25) is 0 Å². The Morgan fingerprint density at radius 3 is 2.67 bits per heavy atom. The molecule has 1 aromatic heterocycles. The van der Waals surface area contributed by atoms with Gasteiger partial charge in [-0.1, -0.05) is 6.92 Å². The van der Waals surface area contributed by atoms with Crippen LogP contribution >= 0.6 is 11.3 Å². The first-order valence-electron chi connectivity index (χ1n) is 6.69. The molecule has 1 N–H and O–H groups in total. The molecule has 0 aromatic carbocycles. The molecule has 0 aliphatic carbocycles. The van der Waals surface area contributed by atoms with Crippen LogP contribution in [0.25, 0.3) is 0 Å². The van der Waals surface area contributed by atoms with Crippen LogP contribution in [0.1, 0.15) is 44.8 Å². The van der Waals surface area contributed by atoms with Crippen molar-refractivity contribution in [3.05, 3.63) is 16.1 Å². The van der Waals surface area contributed by atoms with E-state index in [0.717, 1.165) is 31.7 Å². The molecule has 1 atom stereocenters. The maximum atomic E-state index is 5.88. The van der Waals surface area contributed by atoms with E-state index in [-0.39, 0.29) is 5.60 Å². The summed E-state index contributed by atoms with van der Waals surface area (Å²) in [5.41, 5.74) is 1.03. The number of hydrogen-bond acceptors (Lipinski definition) is 4. The van der Waals surface area contributed by atoms with Gasteiger partial charge in [-0.25, -0.2) is 4.98 Å². The maximum Gasteiger partial charge on any atom is 0.0944 e. The molecule has 104 valence electrons. The average Bonchev–Trinajstić information content (AvgIpc) is 2.67. The number of ether oxygens (including phenoxy) is 1. The van der Waals surface area contributed by atoms with E-state index in [4.69, 9.17) is 4.74 Å². The van der Waals surface area contributed by atoms with Crippen LogP contribution < -0.4 is 5.32 Å². The average molecular weight is 270 g/mol. The van der Waals surface area contributed by atoms with Crippen molar-refractivity contribution in [3.63, 3.8) is 0 Å². The summed E-state index contributed by atoms with van der Waals surface area (Å²) in [4.78, 5) is 4.53. The lowest BCUT2D eigenvalue weighted by Crippen LogP contribution is -2.38. The highest BCUT2D eigenvalue weighted by molar-refractivity contribution is 7.09. The summed E-state index contributed by atoms with van der Waals surface area (Å²) in [6, 6.07) is 0.356. The van der Waals surface area contributed by atoms with Crippen LogP contribution in [-0.2, 0) is 11.2 Å². The fourth-order valence-corrected chi connectivity index (χ4v) is 2.45. The van der Waals surface area contributed by atoms with E-state index >= 15 is 0 Å². The highest BCUT2D eigenvalue weighted by Gasteiger charge is 2.16. The Labute approximate surface area is 115 Å². The zero-order valence-electron chi connectivity index (χ0n) is 12.2. The molecule has 1 heterocycles. The molecule has 0 bridgehead atoms. The van der Waals surface area contributed by atoms with Crippen molar-refractivity contribution < 1.29 is 4.74 Å². The van der Waals surface area contributed by atoms with Gasteiger partial charge in [-0.2, -0.15) is 0 Å². The fraction of sp³-hybridized carbons (Fsp3) is 0.786.